The molecule has 3 aromatic rings. The summed E-state index contributed by atoms with van der Waals surface area (Å²) in [6, 6.07) is 12.7. The van der Waals surface area contributed by atoms with E-state index >= 15 is 0 Å². The van der Waals surface area contributed by atoms with Gasteiger partial charge in [0.1, 0.15) is 5.75 Å². The molecule has 35 heavy (non-hydrogen) atoms. The number of hydrogen-bond acceptors (Lipinski definition) is 7. The second kappa shape index (κ2) is 10.2. The minimum absolute atomic E-state index is 0.223. The van der Waals surface area contributed by atoms with Crippen LogP contribution in [0.4, 0.5) is 5.69 Å². The van der Waals surface area contributed by atoms with Gasteiger partial charge in [0, 0.05) is 24.3 Å². The molecule has 1 unspecified atom stereocenters. The van der Waals surface area contributed by atoms with Crippen LogP contribution < -0.4 is 24.5 Å². The Bertz CT molecular complexity index is 1490. The summed E-state index contributed by atoms with van der Waals surface area (Å²) in [4.78, 5) is 33.9. The number of esters is 1. The maximum absolute atomic E-state index is 13.7. The van der Waals surface area contributed by atoms with E-state index in [1.807, 2.05) is 67.5 Å². The van der Waals surface area contributed by atoms with Crippen molar-refractivity contribution in [1.29, 1.82) is 0 Å². The van der Waals surface area contributed by atoms with E-state index < -0.39 is 12.0 Å². The molecular formula is C26H26BrN3O4S. The van der Waals surface area contributed by atoms with E-state index in [2.05, 4.69) is 20.9 Å². The number of hydrogen-bond donors (Lipinski definition) is 0. The number of benzene rings is 2. The van der Waals surface area contributed by atoms with Gasteiger partial charge in [0.25, 0.3) is 5.56 Å². The van der Waals surface area contributed by atoms with Crippen LogP contribution in [0.2, 0.25) is 0 Å². The van der Waals surface area contributed by atoms with Gasteiger partial charge < -0.3 is 14.4 Å². The molecule has 0 radical (unpaired) electrons. The third-order valence-electron chi connectivity index (χ3n) is 5.73. The number of aromatic nitrogens is 1. The Morgan fingerprint density at radius 1 is 1.23 bits per heavy atom. The van der Waals surface area contributed by atoms with Crippen molar-refractivity contribution in [3.63, 3.8) is 0 Å². The molecule has 4 rings (SSSR count). The summed E-state index contributed by atoms with van der Waals surface area (Å²) in [6.07, 6.45) is 1.81. The lowest BCUT2D eigenvalue weighted by Crippen LogP contribution is -2.40. The predicted octanol–water partition coefficient (Wildman–Crippen LogP) is 3.64. The normalized spacial score (nSPS) is 15.5. The van der Waals surface area contributed by atoms with Gasteiger partial charge in [0.05, 0.1) is 35.6 Å². The molecule has 2 heterocycles. The largest absolute Gasteiger partial charge is 0.497 e. The Labute approximate surface area is 215 Å². The van der Waals surface area contributed by atoms with Gasteiger partial charge in [-0.25, -0.2) is 9.79 Å². The van der Waals surface area contributed by atoms with Crippen LogP contribution in [0.15, 0.2) is 68.0 Å². The molecule has 182 valence electrons. The zero-order valence-electron chi connectivity index (χ0n) is 20.2. The maximum Gasteiger partial charge on any atom is 0.338 e. The van der Waals surface area contributed by atoms with Crippen molar-refractivity contribution in [2.75, 3.05) is 32.7 Å². The van der Waals surface area contributed by atoms with E-state index in [9.17, 15) is 9.59 Å². The van der Waals surface area contributed by atoms with Crippen LogP contribution in [0.1, 0.15) is 31.0 Å². The number of methoxy groups -OCH3 is 1. The van der Waals surface area contributed by atoms with Crippen LogP contribution in [-0.2, 0) is 9.53 Å². The van der Waals surface area contributed by atoms with E-state index in [1.54, 1.807) is 25.5 Å². The molecule has 0 fully saturated rings. The highest BCUT2D eigenvalue weighted by Gasteiger charge is 2.33. The number of carbonyl (C=O) groups is 1. The van der Waals surface area contributed by atoms with Gasteiger partial charge in [0.2, 0.25) is 0 Å². The first-order valence-electron chi connectivity index (χ1n) is 11.1. The van der Waals surface area contributed by atoms with Gasteiger partial charge in [-0.15, -0.1) is 0 Å². The van der Waals surface area contributed by atoms with Crippen molar-refractivity contribution in [3.05, 3.63) is 89.0 Å². The highest BCUT2D eigenvalue weighted by molar-refractivity contribution is 9.10. The monoisotopic (exact) mass is 555 g/mol. The van der Waals surface area contributed by atoms with Gasteiger partial charge >= 0.3 is 5.97 Å². The highest BCUT2D eigenvalue weighted by Crippen LogP contribution is 2.31. The van der Waals surface area contributed by atoms with Crippen LogP contribution >= 0.6 is 27.3 Å². The maximum atomic E-state index is 13.7. The minimum Gasteiger partial charge on any atom is -0.497 e. The number of thiazole rings is 1. The number of fused-ring (bicyclic) bond motifs is 1. The topological polar surface area (TPSA) is 73.1 Å². The van der Waals surface area contributed by atoms with Gasteiger partial charge in [0.15, 0.2) is 4.80 Å². The van der Waals surface area contributed by atoms with Crippen molar-refractivity contribution < 1.29 is 14.3 Å². The van der Waals surface area contributed by atoms with Crippen molar-refractivity contribution >= 4 is 45.0 Å². The number of rotatable bonds is 6. The molecule has 0 bridgehead atoms. The Kier molecular flexibility index (Phi) is 7.28. The van der Waals surface area contributed by atoms with Crippen LogP contribution in [0.5, 0.6) is 5.75 Å². The Hall–Kier alpha value is -3.17. The summed E-state index contributed by atoms with van der Waals surface area (Å²) >= 11 is 4.84. The highest BCUT2D eigenvalue weighted by atomic mass is 79.9. The summed E-state index contributed by atoms with van der Waals surface area (Å²) < 4.78 is 13.6. The quantitative estimate of drug-likeness (QED) is 0.434. The van der Waals surface area contributed by atoms with Crippen molar-refractivity contribution in [2.45, 2.75) is 19.9 Å². The van der Waals surface area contributed by atoms with Gasteiger partial charge in [-0.2, -0.15) is 0 Å². The molecule has 2 aromatic carbocycles. The summed E-state index contributed by atoms with van der Waals surface area (Å²) in [5.74, 6) is 0.215. The second-order valence-corrected chi connectivity index (χ2v) is 10.0. The lowest BCUT2D eigenvalue weighted by atomic mass is 9.95. The Morgan fingerprint density at radius 2 is 1.94 bits per heavy atom. The van der Waals surface area contributed by atoms with E-state index in [1.165, 1.54) is 11.3 Å². The first-order chi connectivity index (χ1) is 16.7. The number of anilines is 1. The molecule has 0 N–H and O–H groups in total. The fraction of sp³-hybridized carbons (Fsp3) is 0.269. The fourth-order valence-corrected chi connectivity index (χ4v) is 5.36. The molecular weight excluding hydrogens is 530 g/mol. The third-order valence-corrected chi connectivity index (χ3v) is 7.44. The van der Waals surface area contributed by atoms with Crippen LogP contribution in [0, 0.1) is 0 Å². The smallest absolute Gasteiger partial charge is 0.338 e. The first-order valence-corrected chi connectivity index (χ1v) is 12.7. The SMILES string of the molecule is CCOC(=O)C1=C(C)N=c2sc(=Cc3cc(OC)ccc3Br)c(=O)n2C1c1ccc(N(C)C)cc1. The van der Waals surface area contributed by atoms with Crippen LogP contribution in [-0.4, -0.2) is 38.3 Å². The molecule has 1 aromatic heterocycles. The lowest BCUT2D eigenvalue weighted by molar-refractivity contribution is -0.139. The van der Waals surface area contributed by atoms with Crippen LogP contribution in [0.3, 0.4) is 0 Å². The summed E-state index contributed by atoms with van der Waals surface area (Å²) in [6.45, 7) is 3.77. The fourth-order valence-electron chi connectivity index (χ4n) is 3.96. The predicted molar refractivity (Wildman–Crippen MR) is 142 cm³/mol. The van der Waals surface area contributed by atoms with E-state index in [4.69, 9.17) is 9.47 Å². The molecule has 0 amide bonds. The van der Waals surface area contributed by atoms with Gasteiger partial charge in [-0.05, 0) is 61.4 Å². The minimum atomic E-state index is -0.641. The second-order valence-electron chi connectivity index (χ2n) is 8.18. The van der Waals surface area contributed by atoms with E-state index in [0.29, 0.717) is 26.4 Å². The summed E-state index contributed by atoms with van der Waals surface area (Å²) in [7, 11) is 5.52. The number of halogens is 1. The number of nitrogens with zero attached hydrogens (tertiary/aromatic N) is 3. The van der Waals surface area contributed by atoms with Gasteiger partial charge in [-0.3, -0.25) is 9.36 Å². The summed E-state index contributed by atoms with van der Waals surface area (Å²) in [5.41, 5.74) is 3.32. The molecule has 1 atom stereocenters. The zero-order chi connectivity index (χ0) is 25.3. The van der Waals surface area contributed by atoms with Crippen molar-refractivity contribution in [1.82, 2.24) is 4.57 Å². The number of ether oxygens (including phenoxy) is 2. The Morgan fingerprint density at radius 3 is 2.57 bits per heavy atom. The lowest BCUT2D eigenvalue weighted by Gasteiger charge is -2.25. The molecule has 1 aliphatic heterocycles. The van der Waals surface area contributed by atoms with E-state index in [-0.39, 0.29) is 12.2 Å². The first kappa shape index (κ1) is 24.9. The number of carbonyl (C=O) groups excluding carboxylic acids is 1. The van der Waals surface area contributed by atoms with Gasteiger partial charge in [-0.1, -0.05) is 39.4 Å². The standard InChI is InChI=1S/C26H26BrN3O4S/c1-6-34-25(32)22-15(2)28-26-30(23(22)16-7-9-18(10-8-16)29(3)4)24(31)21(35-26)14-17-13-19(33-5)11-12-20(17)27/h7-14,23H,6H2,1-5H3. The van der Waals surface area contributed by atoms with E-state index in [0.717, 1.165) is 21.3 Å². The number of allylic oxidation sites excluding steroid dienone is 1. The molecule has 7 nitrogen and oxygen atoms in total. The zero-order valence-corrected chi connectivity index (χ0v) is 22.6. The van der Waals surface area contributed by atoms with Crippen LogP contribution in [0.25, 0.3) is 6.08 Å². The third kappa shape index (κ3) is 4.83. The molecule has 0 saturated heterocycles. The summed E-state index contributed by atoms with van der Waals surface area (Å²) in [5, 5.41) is 0. The average molecular weight is 556 g/mol. The van der Waals surface area contributed by atoms with Crippen molar-refractivity contribution in [2.24, 2.45) is 4.99 Å². The Balaban J connectivity index is 1.94. The molecule has 9 heteroatoms. The molecule has 0 spiro atoms. The molecule has 0 aliphatic carbocycles. The van der Waals surface area contributed by atoms with Crippen molar-refractivity contribution in [3.8, 4) is 5.75 Å². The molecule has 1 aliphatic rings. The average Bonchev–Trinajstić information content (AvgIpc) is 3.14. The molecule has 0 saturated carbocycles.